The lowest BCUT2D eigenvalue weighted by atomic mass is 10.2. The van der Waals surface area contributed by atoms with Crippen LogP contribution in [-0.4, -0.2) is 25.0 Å². The number of furan rings is 1. The monoisotopic (exact) mass is 439 g/mol. The number of imidazole rings is 1. The molecule has 3 heterocycles. The van der Waals surface area contributed by atoms with Crippen molar-refractivity contribution in [1.82, 2.24) is 19.1 Å². The molecule has 164 valence electrons. The predicted molar refractivity (Wildman–Crippen MR) is 126 cm³/mol. The molecule has 8 heteroatoms. The fraction of sp³-hybridized carbons (Fsp3) is 0.120. The Kier molecular flexibility index (Phi) is 5.10. The highest BCUT2D eigenvalue weighted by Gasteiger charge is 2.24. The molecule has 0 saturated carbocycles. The maximum atomic E-state index is 13.4. The second kappa shape index (κ2) is 8.23. The summed E-state index contributed by atoms with van der Waals surface area (Å²) in [4.78, 5) is 35.2. The van der Waals surface area contributed by atoms with E-state index in [1.807, 2.05) is 59.2 Å². The van der Waals surface area contributed by atoms with E-state index in [2.05, 4.69) is 21.9 Å². The SMILES string of the molecule is C=CCn1cnc2oc(C)c(C(=O)Nc3nc4ccccc4n3Cc3ccccc3)c2c1=O. The highest BCUT2D eigenvalue weighted by atomic mass is 16.3. The zero-order valence-electron chi connectivity index (χ0n) is 18.0. The minimum Gasteiger partial charge on any atom is -0.442 e. The minimum atomic E-state index is -0.480. The van der Waals surface area contributed by atoms with Crippen molar-refractivity contribution in [1.29, 1.82) is 0 Å². The summed E-state index contributed by atoms with van der Waals surface area (Å²) in [5, 5.41) is 3.03. The lowest BCUT2D eigenvalue weighted by molar-refractivity contribution is 0.102. The zero-order valence-corrected chi connectivity index (χ0v) is 18.0. The Balaban J connectivity index is 1.59. The molecule has 0 aliphatic rings. The topological polar surface area (TPSA) is 94.9 Å². The van der Waals surface area contributed by atoms with Gasteiger partial charge in [-0.1, -0.05) is 48.5 Å². The number of amides is 1. The Morgan fingerprint density at radius 2 is 1.91 bits per heavy atom. The van der Waals surface area contributed by atoms with Crippen molar-refractivity contribution >= 4 is 34.0 Å². The molecule has 3 aromatic heterocycles. The Labute approximate surface area is 188 Å². The van der Waals surface area contributed by atoms with Gasteiger partial charge in [0.15, 0.2) is 0 Å². The number of aryl methyl sites for hydroxylation is 1. The number of nitrogens with one attached hydrogen (secondary N) is 1. The summed E-state index contributed by atoms with van der Waals surface area (Å²) in [5.74, 6) is 0.217. The van der Waals surface area contributed by atoms with Crippen LogP contribution < -0.4 is 10.9 Å². The molecule has 5 aromatic rings. The Morgan fingerprint density at radius 3 is 2.70 bits per heavy atom. The van der Waals surface area contributed by atoms with E-state index >= 15 is 0 Å². The maximum absolute atomic E-state index is 13.4. The van der Waals surface area contributed by atoms with Crippen molar-refractivity contribution in [2.75, 3.05) is 5.32 Å². The first kappa shape index (κ1) is 20.4. The molecule has 0 saturated heterocycles. The number of anilines is 1. The van der Waals surface area contributed by atoms with Crippen molar-refractivity contribution < 1.29 is 9.21 Å². The normalized spacial score (nSPS) is 11.2. The van der Waals surface area contributed by atoms with Gasteiger partial charge in [0.25, 0.3) is 11.5 Å². The van der Waals surface area contributed by atoms with Crippen molar-refractivity contribution in [3.8, 4) is 0 Å². The zero-order chi connectivity index (χ0) is 22.9. The van der Waals surface area contributed by atoms with E-state index in [1.54, 1.807) is 13.0 Å². The second-order valence-corrected chi connectivity index (χ2v) is 7.65. The second-order valence-electron chi connectivity index (χ2n) is 7.65. The molecule has 5 rings (SSSR count). The predicted octanol–water partition coefficient (Wildman–Crippen LogP) is 4.13. The fourth-order valence-corrected chi connectivity index (χ4v) is 3.94. The quantitative estimate of drug-likeness (QED) is 0.401. The fourth-order valence-electron chi connectivity index (χ4n) is 3.94. The van der Waals surface area contributed by atoms with Crippen LogP contribution in [0.1, 0.15) is 21.7 Å². The van der Waals surface area contributed by atoms with Crippen LogP contribution in [0, 0.1) is 6.92 Å². The van der Waals surface area contributed by atoms with Crippen LogP contribution in [0.5, 0.6) is 0 Å². The van der Waals surface area contributed by atoms with Crippen LogP contribution in [0.3, 0.4) is 0 Å². The third-order valence-corrected chi connectivity index (χ3v) is 5.47. The molecule has 0 radical (unpaired) electrons. The standard InChI is InChI=1S/C25H21N5O3/c1-3-13-29-15-26-23-21(24(29)32)20(16(2)33-23)22(31)28-25-27-18-11-7-8-12-19(18)30(25)14-17-9-5-4-6-10-17/h3-12,15H,1,13-14H2,2H3,(H,27,28,31). The lowest BCUT2D eigenvalue weighted by Crippen LogP contribution is -2.23. The number of allylic oxidation sites excluding steroid dienone is 1. The number of carbonyl (C=O) groups excluding carboxylic acids is 1. The number of hydrogen-bond acceptors (Lipinski definition) is 5. The molecule has 1 N–H and O–H groups in total. The molecular weight excluding hydrogens is 418 g/mol. The van der Waals surface area contributed by atoms with Crippen molar-refractivity contribution in [2.24, 2.45) is 0 Å². The van der Waals surface area contributed by atoms with Crippen molar-refractivity contribution in [3.63, 3.8) is 0 Å². The first-order valence-electron chi connectivity index (χ1n) is 10.5. The third kappa shape index (κ3) is 3.61. The average molecular weight is 439 g/mol. The van der Waals surface area contributed by atoms with Crippen LogP contribution >= 0.6 is 0 Å². The molecule has 1 amide bonds. The number of nitrogens with zero attached hydrogens (tertiary/aromatic N) is 4. The lowest BCUT2D eigenvalue weighted by Gasteiger charge is -2.10. The van der Waals surface area contributed by atoms with Crippen molar-refractivity contribution in [3.05, 3.63) is 101 Å². The van der Waals surface area contributed by atoms with Gasteiger partial charge in [0.2, 0.25) is 11.7 Å². The van der Waals surface area contributed by atoms with Crippen LogP contribution in [0.2, 0.25) is 0 Å². The third-order valence-electron chi connectivity index (χ3n) is 5.47. The van der Waals surface area contributed by atoms with E-state index in [9.17, 15) is 9.59 Å². The number of fused-ring (bicyclic) bond motifs is 2. The molecule has 0 unspecified atom stereocenters. The first-order chi connectivity index (χ1) is 16.1. The summed E-state index contributed by atoms with van der Waals surface area (Å²) in [6.45, 7) is 6.10. The molecule has 0 atom stereocenters. The van der Waals surface area contributed by atoms with Gasteiger partial charge in [-0.05, 0) is 24.6 Å². The van der Waals surface area contributed by atoms with E-state index < -0.39 is 5.91 Å². The van der Waals surface area contributed by atoms with Gasteiger partial charge >= 0.3 is 0 Å². The summed E-state index contributed by atoms with van der Waals surface area (Å²) >= 11 is 0. The van der Waals surface area contributed by atoms with Gasteiger partial charge in [0.05, 0.1) is 23.1 Å². The Hall–Kier alpha value is -4.46. The van der Waals surface area contributed by atoms with E-state index in [0.717, 1.165) is 16.6 Å². The molecule has 0 aliphatic heterocycles. The Morgan fingerprint density at radius 1 is 1.15 bits per heavy atom. The van der Waals surface area contributed by atoms with Gasteiger partial charge in [-0.3, -0.25) is 19.5 Å². The van der Waals surface area contributed by atoms with E-state index in [0.29, 0.717) is 18.3 Å². The highest BCUT2D eigenvalue weighted by molar-refractivity contribution is 6.12. The van der Waals surface area contributed by atoms with Gasteiger partial charge in [-0.25, -0.2) is 9.97 Å². The van der Waals surface area contributed by atoms with Crippen molar-refractivity contribution in [2.45, 2.75) is 20.0 Å². The van der Waals surface area contributed by atoms with Gasteiger partial charge in [0.1, 0.15) is 17.5 Å². The molecular formula is C25H21N5O3. The van der Waals surface area contributed by atoms with Crippen LogP contribution in [0.4, 0.5) is 5.95 Å². The van der Waals surface area contributed by atoms with E-state index in [1.165, 1.54) is 10.9 Å². The van der Waals surface area contributed by atoms with Gasteiger partial charge in [0, 0.05) is 6.54 Å². The van der Waals surface area contributed by atoms with Gasteiger partial charge in [-0.2, -0.15) is 0 Å². The number of aromatic nitrogens is 4. The number of benzene rings is 2. The molecule has 33 heavy (non-hydrogen) atoms. The van der Waals surface area contributed by atoms with Gasteiger partial charge in [-0.15, -0.1) is 6.58 Å². The number of rotatable bonds is 6. The summed E-state index contributed by atoms with van der Waals surface area (Å²) in [7, 11) is 0. The molecule has 2 aromatic carbocycles. The number of carbonyl (C=O) groups is 1. The largest absolute Gasteiger partial charge is 0.442 e. The molecule has 8 nitrogen and oxygen atoms in total. The van der Waals surface area contributed by atoms with Crippen LogP contribution in [0.15, 0.2) is 82.8 Å². The Bertz CT molecular complexity index is 1560. The minimum absolute atomic E-state index is 0.126. The molecule has 0 aliphatic carbocycles. The van der Waals surface area contributed by atoms with E-state index in [4.69, 9.17) is 4.42 Å². The summed E-state index contributed by atoms with van der Waals surface area (Å²) in [6, 6.07) is 17.6. The summed E-state index contributed by atoms with van der Waals surface area (Å²) in [5.41, 5.74) is 2.63. The first-order valence-corrected chi connectivity index (χ1v) is 10.5. The summed E-state index contributed by atoms with van der Waals surface area (Å²) < 4.78 is 8.94. The van der Waals surface area contributed by atoms with Crippen LogP contribution in [-0.2, 0) is 13.1 Å². The number of hydrogen-bond donors (Lipinski definition) is 1. The average Bonchev–Trinajstić information content (AvgIpc) is 3.34. The molecule has 0 fully saturated rings. The number of para-hydroxylation sites is 2. The maximum Gasteiger partial charge on any atom is 0.265 e. The van der Waals surface area contributed by atoms with E-state index in [-0.39, 0.29) is 28.8 Å². The molecule has 0 spiro atoms. The smallest absolute Gasteiger partial charge is 0.265 e. The molecule has 0 bridgehead atoms. The van der Waals surface area contributed by atoms with Gasteiger partial charge < -0.3 is 8.98 Å². The van der Waals surface area contributed by atoms with Crippen LogP contribution in [0.25, 0.3) is 22.1 Å². The summed E-state index contributed by atoms with van der Waals surface area (Å²) in [6.07, 6.45) is 2.98. The highest BCUT2D eigenvalue weighted by Crippen LogP contribution is 2.25.